The van der Waals surface area contributed by atoms with Gasteiger partial charge in [-0.2, -0.15) is 9.50 Å². The predicted octanol–water partition coefficient (Wildman–Crippen LogP) is 2.50. The number of hydrogen-bond donors (Lipinski definition) is 1. The molecule has 1 fully saturated rings. The summed E-state index contributed by atoms with van der Waals surface area (Å²) in [5.74, 6) is 0.724. The molecule has 1 atom stereocenters. The van der Waals surface area contributed by atoms with Crippen LogP contribution in [-0.4, -0.2) is 44.3 Å². The lowest BCUT2D eigenvalue weighted by Crippen LogP contribution is -2.36. The number of amides is 1. The van der Waals surface area contributed by atoms with Gasteiger partial charge in [0.2, 0.25) is 11.7 Å². The van der Waals surface area contributed by atoms with Crippen molar-refractivity contribution in [1.29, 1.82) is 0 Å². The van der Waals surface area contributed by atoms with E-state index in [4.69, 9.17) is 4.74 Å². The summed E-state index contributed by atoms with van der Waals surface area (Å²) in [5, 5.41) is 7.45. The molecular weight excluding hydrogens is 394 g/mol. The molecule has 3 aromatic rings. The highest BCUT2D eigenvalue weighted by molar-refractivity contribution is 5.76. The van der Waals surface area contributed by atoms with Crippen molar-refractivity contribution in [2.75, 3.05) is 13.2 Å². The fourth-order valence-electron chi connectivity index (χ4n) is 3.98. The van der Waals surface area contributed by atoms with Crippen LogP contribution in [0.3, 0.4) is 0 Å². The number of ether oxygens (including phenoxy) is 1. The Hall–Kier alpha value is -3.00. The van der Waals surface area contributed by atoms with Gasteiger partial charge >= 0.3 is 0 Å². The molecular formula is C23H29N5O3. The lowest BCUT2D eigenvalue weighted by molar-refractivity contribution is -0.122. The lowest BCUT2D eigenvalue weighted by atomic mass is 10.1. The molecule has 164 valence electrons. The van der Waals surface area contributed by atoms with E-state index >= 15 is 0 Å². The number of nitrogens with zero attached hydrogens (tertiary/aromatic N) is 4. The zero-order valence-electron chi connectivity index (χ0n) is 18.1. The van der Waals surface area contributed by atoms with Gasteiger partial charge in [0.15, 0.2) is 5.82 Å². The zero-order valence-corrected chi connectivity index (χ0v) is 18.1. The molecule has 0 saturated carbocycles. The summed E-state index contributed by atoms with van der Waals surface area (Å²) < 4.78 is 8.73. The van der Waals surface area contributed by atoms with Gasteiger partial charge in [0.25, 0.3) is 5.56 Å². The Balaban J connectivity index is 1.71. The first-order valence-corrected chi connectivity index (χ1v) is 11.0. The number of hydrogen-bond acceptors (Lipinski definition) is 5. The van der Waals surface area contributed by atoms with Crippen molar-refractivity contribution in [3.8, 4) is 11.4 Å². The molecule has 1 amide bonds. The van der Waals surface area contributed by atoms with Gasteiger partial charge in [-0.15, -0.1) is 5.10 Å². The van der Waals surface area contributed by atoms with Crippen molar-refractivity contribution in [1.82, 2.24) is 24.5 Å². The molecule has 1 saturated heterocycles. The maximum atomic E-state index is 13.2. The number of benzene rings is 1. The number of aromatic nitrogens is 4. The van der Waals surface area contributed by atoms with Crippen molar-refractivity contribution in [2.45, 2.75) is 58.6 Å². The van der Waals surface area contributed by atoms with Crippen molar-refractivity contribution < 1.29 is 9.53 Å². The molecule has 0 aliphatic carbocycles. The molecule has 1 aromatic carbocycles. The highest BCUT2D eigenvalue weighted by Crippen LogP contribution is 2.17. The number of carbonyl (C=O) groups is 1. The molecule has 31 heavy (non-hydrogen) atoms. The summed E-state index contributed by atoms with van der Waals surface area (Å²) in [5.41, 5.74) is 2.12. The maximum Gasteiger partial charge on any atom is 0.279 e. The number of unbranched alkanes of at least 4 members (excludes halogenated alkanes) is 1. The van der Waals surface area contributed by atoms with Crippen molar-refractivity contribution >= 4 is 11.7 Å². The quantitative estimate of drug-likeness (QED) is 0.601. The van der Waals surface area contributed by atoms with Crippen LogP contribution in [0.25, 0.3) is 17.2 Å². The Bertz CT molecular complexity index is 1110. The van der Waals surface area contributed by atoms with Gasteiger partial charge in [-0.3, -0.25) is 9.59 Å². The third-order valence-electron chi connectivity index (χ3n) is 5.79. The number of rotatable bonds is 8. The average molecular weight is 424 g/mol. The molecule has 0 bridgehead atoms. The van der Waals surface area contributed by atoms with Gasteiger partial charge in [-0.1, -0.05) is 43.7 Å². The van der Waals surface area contributed by atoms with Crippen LogP contribution in [0, 0.1) is 6.92 Å². The monoisotopic (exact) mass is 423 g/mol. The second kappa shape index (κ2) is 9.43. The maximum absolute atomic E-state index is 13.2. The number of nitrogens with one attached hydrogen (secondary N) is 1. The lowest BCUT2D eigenvalue weighted by Gasteiger charge is -2.16. The fraction of sp³-hybridized carbons (Fsp3) is 0.478. The standard InChI is InChI=1S/C23H29N5O3/c1-3-4-12-19-16(2)27(15-20(29)24-14-18-11-8-13-31-18)23-25-21(26-28(23)22(19)30)17-9-6-5-7-10-17/h5-7,9-10,18H,3-4,8,11-15H2,1-2H3,(H,24,29)/t18-/m1/s1. The van der Waals surface area contributed by atoms with Gasteiger partial charge < -0.3 is 14.6 Å². The number of fused-ring (bicyclic) bond motifs is 1. The van der Waals surface area contributed by atoms with E-state index in [9.17, 15) is 9.59 Å². The van der Waals surface area contributed by atoms with Gasteiger partial charge in [-0.25, -0.2) is 0 Å². The summed E-state index contributed by atoms with van der Waals surface area (Å²) in [4.78, 5) is 30.5. The van der Waals surface area contributed by atoms with E-state index in [0.29, 0.717) is 30.1 Å². The van der Waals surface area contributed by atoms with Crippen LogP contribution in [0.5, 0.6) is 0 Å². The second-order valence-corrected chi connectivity index (χ2v) is 8.01. The van der Waals surface area contributed by atoms with Crippen LogP contribution in [0.2, 0.25) is 0 Å². The van der Waals surface area contributed by atoms with E-state index in [0.717, 1.165) is 43.5 Å². The van der Waals surface area contributed by atoms with E-state index in [1.807, 2.05) is 37.3 Å². The first-order chi connectivity index (χ1) is 15.1. The van der Waals surface area contributed by atoms with Crippen molar-refractivity contribution in [3.05, 3.63) is 51.9 Å². The Kier molecular flexibility index (Phi) is 6.46. The Labute approximate surface area is 181 Å². The minimum Gasteiger partial charge on any atom is -0.376 e. The van der Waals surface area contributed by atoms with E-state index in [1.54, 1.807) is 4.57 Å². The summed E-state index contributed by atoms with van der Waals surface area (Å²) in [6.07, 6.45) is 4.60. The molecule has 8 nitrogen and oxygen atoms in total. The van der Waals surface area contributed by atoms with E-state index in [2.05, 4.69) is 22.3 Å². The van der Waals surface area contributed by atoms with Gasteiger partial charge in [0.05, 0.1) is 6.10 Å². The second-order valence-electron chi connectivity index (χ2n) is 8.01. The molecule has 0 spiro atoms. The molecule has 0 unspecified atom stereocenters. The molecule has 1 aliphatic rings. The molecule has 1 N–H and O–H groups in total. The van der Waals surface area contributed by atoms with E-state index in [1.165, 1.54) is 4.52 Å². The van der Waals surface area contributed by atoms with E-state index in [-0.39, 0.29) is 24.1 Å². The van der Waals surface area contributed by atoms with Crippen LogP contribution >= 0.6 is 0 Å². The molecule has 2 aromatic heterocycles. The van der Waals surface area contributed by atoms with Crippen LogP contribution in [0.1, 0.15) is 43.9 Å². The van der Waals surface area contributed by atoms with Crippen LogP contribution in [0.4, 0.5) is 0 Å². The SMILES string of the molecule is CCCCc1c(C)n(CC(=O)NC[C@H]2CCCO2)c2nc(-c3ccccc3)nn2c1=O. The van der Waals surface area contributed by atoms with Gasteiger partial charge in [-0.05, 0) is 32.6 Å². The zero-order chi connectivity index (χ0) is 21.8. The third-order valence-corrected chi connectivity index (χ3v) is 5.79. The first-order valence-electron chi connectivity index (χ1n) is 11.0. The Morgan fingerprint density at radius 3 is 2.81 bits per heavy atom. The van der Waals surface area contributed by atoms with Crippen molar-refractivity contribution in [3.63, 3.8) is 0 Å². The highest BCUT2D eigenvalue weighted by Gasteiger charge is 2.21. The fourth-order valence-corrected chi connectivity index (χ4v) is 3.98. The topological polar surface area (TPSA) is 90.5 Å². The normalized spacial score (nSPS) is 16.1. The number of carbonyl (C=O) groups excluding carboxylic acids is 1. The Morgan fingerprint density at radius 1 is 1.29 bits per heavy atom. The van der Waals surface area contributed by atoms with Crippen LogP contribution in [0.15, 0.2) is 35.1 Å². The highest BCUT2D eigenvalue weighted by atomic mass is 16.5. The molecule has 8 heteroatoms. The van der Waals surface area contributed by atoms with Gasteiger partial charge in [0, 0.05) is 30.0 Å². The smallest absolute Gasteiger partial charge is 0.279 e. The molecule has 1 aliphatic heterocycles. The summed E-state index contributed by atoms with van der Waals surface area (Å²) in [7, 11) is 0. The largest absolute Gasteiger partial charge is 0.376 e. The molecule has 0 radical (unpaired) electrons. The van der Waals surface area contributed by atoms with Crippen LogP contribution < -0.4 is 10.9 Å². The average Bonchev–Trinajstić information content (AvgIpc) is 3.46. The van der Waals surface area contributed by atoms with Gasteiger partial charge in [0.1, 0.15) is 6.54 Å². The molecule has 3 heterocycles. The third kappa shape index (κ3) is 4.54. The Morgan fingerprint density at radius 2 is 2.10 bits per heavy atom. The predicted molar refractivity (Wildman–Crippen MR) is 118 cm³/mol. The molecule has 4 rings (SSSR count). The van der Waals surface area contributed by atoms with E-state index < -0.39 is 0 Å². The summed E-state index contributed by atoms with van der Waals surface area (Å²) >= 11 is 0. The minimum atomic E-state index is -0.161. The van der Waals surface area contributed by atoms with Crippen molar-refractivity contribution in [2.24, 2.45) is 0 Å². The minimum absolute atomic E-state index is 0.0778. The van der Waals surface area contributed by atoms with Crippen LogP contribution in [-0.2, 0) is 22.5 Å². The summed E-state index contributed by atoms with van der Waals surface area (Å²) in [6.45, 7) is 5.31. The first kappa shape index (κ1) is 21.2. The summed E-state index contributed by atoms with van der Waals surface area (Å²) in [6, 6.07) is 9.54.